The van der Waals surface area contributed by atoms with Gasteiger partial charge in [0.2, 0.25) is 0 Å². The van der Waals surface area contributed by atoms with E-state index in [1.165, 1.54) is 55.5 Å². The van der Waals surface area contributed by atoms with E-state index in [0.717, 1.165) is 49.9 Å². The second-order valence-corrected chi connectivity index (χ2v) is 58.1. The number of carbonyl (C=O) groups excluding carboxylic acids is 10. The summed E-state index contributed by atoms with van der Waals surface area (Å²) in [5.74, 6) is -7.64. The molecule has 1 aromatic heterocycles. The van der Waals surface area contributed by atoms with E-state index in [-0.39, 0.29) is 79.1 Å². The highest BCUT2D eigenvalue weighted by Gasteiger charge is 2.35. The average Bonchev–Trinajstić information content (AvgIpc) is 0.847. The second-order valence-electron chi connectivity index (χ2n) is 31.2. The van der Waals surface area contributed by atoms with Crippen molar-refractivity contribution in [1.82, 2.24) is 4.98 Å². The first kappa shape index (κ1) is 99.8. The number of hydrogen-bond acceptors (Lipinski definition) is 21. The van der Waals surface area contributed by atoms with Crippen molar-refractivity contribution in [3.05, 3.63) is 142 Å². The Hall–Kier alpha value is -7.20. The number of nitrogens with zero attached hydrogens (tertiary/aromatic N) is 2. The summed E-state index contributed by atoms with van der Waals surface area (Å²) >= 11 is 0. The number of nitro groups is 1. The first-order chi connectivity index (χ1) is 50.0. The number of ether oxygens (including phenoxy) is 5. The molecule has 107 heavy (non-hydrogen) atoms. The smallest absolute Gasteiger partial charge is 0.316 e. The molecular weight excluding hydrogens is 1460 g/mol. The molecule has 0 radical (unpaired) electrons. The molecule has 3 aromatic carbocycles. The monoisotopic (exact) mass is 1580 g/mol. The van der Waals surface area contributed by atoms with Crippen LogP contribution in [-0.2, 0) is 52.5 Å². The Bertz CT molecular complexity index is 3240. The van der Waals surface area contributed by atoms with Gasteiger partial charge in [-0.1, -0.05) is 171 Å². The highest BCUT2D eigenvalue weighted by molar-refractivity contribution is 6.79. The molecule has 0 amide bonds. The Morgan fingerprint density at radius 3 is 0.907 bits per heavy atom. The summed E-state index contributed by atoms with van der Waals surface area (Å²) in [6.45, 7) is 38.5. The molecule has 0 aliphatic heterocycles. The Labute approximate surface area is 640 Å². The zero-order valence-corrected chi connectivity index (χ0v) is 72.0. The third-order valence-corrected chi connectivity index (χ3v) is 27.9. The van der Waals surface area contributed by atoms with Gasteiger partial charge in [0.05, 0.1) is 38.0 Å². The molecule has 4 rings (SSSR count). The van der Waals surface area contributed by atoms with Crippen molar-refractivity contribution in [2.45, 2.75) is 215 Å². The lowest BCUT2D eigenvalue weighted by Crippen LogP contribution is -2.48. The number of halogens is 1. The molecule has 0 saturated carbocycles. The normalized spacial score (nSPS) is 12.8. The standard InChI is InChI=1S/C17H25FO3Si.C17H25NO5Si.C17H26O3Si.C16H25NO3Si.C12H24O6Si/c1-5-21-17(20)15(7-6-12-22(2,3)4)16(19)13-8-10-14(18)11-9-13;1-5-23-17(20)15(7-6-12-24(2,3)4)16(19)13-8-10-14(11-9-13)18(21)22;1-5-20-17(19)15(12-9-13-21(2,3)4)16(18)14-10-7-6-8-11-14;1-5-20-16(19)14(7-6-12-21(2,3)4)15(18)13-8-10-17-11-9-13;1-3-18-12(17)11(10(2)16)5-4-6-19(7-13,8-14)9-15/h8-11,15H,5-7,12H2,1-4H3;8-11,15H,5-7,12H2,1-4H3;6-8,10-11,15H,5,9,12-13H2,1-4H3;8-11,14H,5-7,12H2,1-4H3;11,13-15H,3-9H2,1-2H3. The topological polar surface area (TPSA) is 334 Å². The van der Waals surface area contributed by atoms with Gasteiger partial charge in [0.15, 0.2) is 23.1 Å². The fraction of sp³-hybridized carbons (Fsp3) is 0.582. The average molecular weight is 1580 g/mol. The van der Waals surface area contributed by atoms with E-state index < -0.39 is 105 Å². The van der Waals surface area contributed by atoms with Gasteiger partial charge in [0.1, 0.15) is 49.3 Å². The van der Waals surface area contributed by atoms with Crippen LogP contribution in [0.1, 0.15) is 147 Å². The summed E-state index contributed by atoms with van der Waals surface area (Å²) < 4.78 is 38.0. The molecular formula is C79H125FN2O20Si5. The van der Waals surface area contributed by atoms with Crippen LogP contribution in [0.25, 0.3) is 0 Å². The summed E-state index contributed by atoms with van der Waals surface area (Å²) in [5.41, 5.74) is 1.68. The van der Waals surface area contributed by atoms with Gasteiger partial charge >= 0.3 is 29.8 Å². The number of Topliss-reactive ketones (excluding diaryl/α,β-unsaturated/α-hetero) is 5. The van der Waals surface area contributed by atoms with Crippen LogP contribution in [0.2, 0.25) is 109 Å². The predicted molar refractivity (Wildman–Crippen MR) is 429 cm³/mol. The number of aliphatic hydroxyl groups is 3. The summed E-state index contributed by atoms with van der Waals surface area (Å²) in [7, 11) is -7.25. The predicted octanol–water partition coefficient (Wildman–Crippen LogP) is 15.7. The summed E-state index contributed by atoms with van der Waals surface area (Å²) in [6, 6.07) is 27.7. The maximum Gasteiger partial charge on any atom is 0.316 e. The van der Waals surface area contributed by atoms with Gasteiger partial charge < -0.3 is 39.0 Å². The summed E-state index contributed by atoms with van der Waals surface area (Å²) in [5, 5.41) is 38.4. The molecule has 5 unspecified atom stereocenters. The highest BCUT2D eigenvalue weighted by Crippen LogP contribution is 2.27. The minimum atomic E-state index is -2.47. The maximum absolute atomic E-state index is 13.0. The lowest BCUT2D eigenvalue weighted by molar-refractivity contribution is -0.384. The van der Waals surface area contributed by atoms with Crippen molar-refractivity contribution in [3.63, 3.8) is 0 Å². The zero-order valence-electron chi connectivity index (χ0n) is 67.0. The first-order valence-corrected chi connectivity index (χ1v) is 55.0. The molecule has 3 N–H and O–H groups in total. The number of nitro benzene ring substituents is 1. The molecule has 5 atom stereocenters. The SMILES string of the molecule is CCOC(=O)C(CCC[Si](C)(C)C)C(=O)c1ccc(F)cc1.CCOC(=O)C(CCC[Si](C)(C)C)C(=O)c1ccc([N+](=O)[O-])cc1.CCOC(=O)C(CCC[Si](C)(C)C)C(=O)c1ccccc1.CCOC(=O)C(CCC[Si](C)(C)C)C(=O)c1ccncc1.CCOC(=O)C(CCC[Si](CO)(CO)CO)C(C)=O. The molecule has 4 aromatic rings. The van der Waals surface area contributed by atoms with Gasteiger partial charge in [-0.25, -0.2) is 4.39 Å². The van der Waals surface area contributed by atoms with Crippen LogP contribution in [-0.4, -0.2) is 176 Å². The van der Waals surface area contributed by atoms with Crippen LogP contribution in [0.15, 0.2) is 103 Å². The van der Waals surface area contributed by atoms with Crippen LogP contribution in [0.3, 0.4) is 0 Å². The molecule has 1 heterocycles. The largest absolute Gasteiger partial charge is 0.465 e. The fourth-order valence-corrected chi connectivity index (χ4v) is 17.6. The number of hydrogen-bond donors (Lipinski definition) is 3. The number of aliphatic hydroxyl groups excluding tert-OH is 3. The fourth-order valence-electron chi connectivity index (χ4n) is 10.8. The minimum Gasteiger partial charge on any atom is -0.465 e. The van der Waals surface area contributed by atoms with E-state index in [4.69, 9.17) is 23.7 Å². The Balaban J connectivity index is 0.00000132. The van der Waals surface area contributed by atoms with E-state index in [1.807, 2.05) is 18.2 Å². The van der Waals surface area contributed by atoms with Crippen molar-refractivity contribution in [3.8, 4) is 0 Å². The van der Waals surface area contributed by atoms with Crippen LogP contribution < -0.4 is 0 Å². The van der Waals surface area contributed by atoms with Gasteiger partial charge in [-0.3, -0.25) is 63.0 Å². The number of aromatic nitrogens is 1. The quantitative estimate of drug-likeness (QED) is 0.00705. The number of benzene rings is 3. The Kier molecular flexibility index (Phi) is 48.5. The van der Waals surface area contributed by atoms with Crippen LogP contribution >= 0.6 is 0 Å². The summed E-state index contributed by atoms with van der Waals surface area (Å²) in [4.78, 5) is 136. The number of ketones is 5. The molecule has 28 heteroatoms. The van der Waals surface area contributed by atoms with Gasteiger partial charge in [-0.15, -0.1) is 0 Å². The first-order valence-electron chi connectivity index (χ1n) is 37.3. The van der Waals surface area contributed by atoms with Crippen molar-refractivity contribution in [1.29, 1.82) is 0 Å². The molecule has 0 spiro atoms. The third kappa shape index (κ3) is 42.4. The molecule has 0 bridgehead atoms. The van der Waals surface area contributed by atoms with E-state index in [2.05, 4.69) is 83.5 Å². The van der Waals surface area contributed by atoms with Crippen molar-refractivity contribution >= 4 is 105 Å². The molecule has 0 fully saturated rings. The second kappa shape index (κ2) is 52.0. The van der Waals surface area contributed by atoms with E-state index in [1.54, 1.807) is 71.3 Å². The molecule has 22 nitrogen and oxygen atoms in total. The third-order valence-electron chi connectivity index (χ3n) is 17.0. The van der Waals surface area contributed by atoms with Gasteiger partial charge in [-0.2, -0.15) is 0 Å². The highest BCUT2D eigenvalue weighted by atomic mass is 28.3. The molecule has 0 saturated heterocycles. The van der Waals surface area contributed by atoms with Crippen molar-refractivity contribution < 1.29 is 96.3 Å². The number of rotatable bonds is 43. The van der Waals surface area contributed by atoms with Gasteiger partial charge in [0.25, 0.3) is 5.69 Å². The zero-order chi connectivity index (χ0) is 81.7. The van der Waals surface area contributed by atoms with Crippen LogP contribution in [0, 0.1) is 45.5 Å². The van der Waals surface area contributed by atoms with Crippen LogP contribution in [0.4, 0.5) is 10.1 Å². The lowest BCUT2D eigenvalue weighted by Gasteiger charge is -2.25. The van der Waals surface area contributed by atoms with E-state index in [0.29, 0.717) is 80.0 Å². The van der Waals surface area contributed by atoms with Crippen molar-refractivity contribution in [2.75, 3.05) is 51.7 Å². The van der Waals surface area contributed by atoms with Crippen molar-refractivity contribution in [2.24, 2.45) is 29.6 Å². The van der Waals surface area contributed by atoms with E-state index in [9.17, 15) is 77.8 Å². The Morgan fingerprint density at radius 2 is 0.645 bits per heavy atom. The summed E-state index contributed by atoms with van der Waals surface area (Å²) in [6.07, 6.45) is 8.81. The molecule has 0 aliphatic carbocycles. The van der Waals surface area contributed by atoms with Crippen LogP contribution in [0.5, 0.6) is 0 Å². The number of non-ortho nitro benzene ring substituents is 1. The maximum atomic E-state index is 13.0. The number of pyridine rings is 1. The lowest BCUT2D eigenvalue weighted by atomic mass is 9.93. The minimum absolute atomic E-state index is 0.0852. The van der Waals surface area contributed by atoms with Gasteiger partial charge in [0, 0.05) is 97.8 Å². The number of esters is 5. The van der Waals surface area contributed by atoms with E-state index >= 15 is 0 Å². The number of carbonyl (C=O) groups is 10. The van der Waals surface area contributed by atoms with Gasteiger partial charge in [-0.05, 0) is 122 Å². The Morgan fingerprint density at radius 1 is 0.393 bits per heavy atom. The molecule has 0 aliphatic rings. The molecule has 598 valence electrons.